The van der Waals surface area contributed by atoms with E-state index in [0.29, 0.717) is 29.9 Å². The van der Waals surface area contributed by atoms with E-state index in [1.54, 1.807) is 6.07 Å². The number of aromatic amines is 1. The number of carbonyl (C=O) groups is 5. The molecule has 1 saturated heterocycles. The van der Waals surface area contributed by atoms with Crippen molar-refractivity contribution in [3.63, 3.8) is 0 Å². The predicted molar refractivity (Wildman–Crippen MR) is 236 cm³/mol. The molecule has 13 nitrogen and oxygen atoms in total. The number of ether oxygens (including phenoxy) is 1. The number of H-pyrrole nitrogens is 1. The summed E-state index contributed by atoms with van der Waals surface area (Å²) in [6.45, 7) is -0.246. The topological polar surface area (TPSA) is 174 Å². The molecular formula is C49H45N7O6. The molecule has 2 aliphatic rings. The number of fused-ring (bicyclic) bond motifs is 2. The summed E-state index contributed by atoms with van der Waals surface area (Å²) < 4.78 is 6.00. The number of para-hydroxylation sites is 2. The van der Waals surface area contributed by atoms with Crippen LogP contribution in [-0.2, 0) is 44.9 Å². The fourth-order valence-electron chi connectivity index (χ4n) is 7.73. The first-order chi connectivity index (χ1) is 30.2. The zero-order valence-corrected chi connectivity index (χ0v) is 33.8. The van der Waals surface area contributed by atoms with Crippen molar-refractivity contribution in [2.45, 2.75) is 50.2 Å². The van der Waals surface area contributed by atoms with Gasteiger partial charge in [-0.05, 0) is 76.6 Å². The molecular weight excluding hydrogens is 783 g/mol. The first kappa shape index (κ1) is 41.0. The molecule has 1 aliphatic carbocycles. The second-order valence-electron chi connectivity index (χ2n) is 15.3. The Morgan fingerprint density at radius 2 is 1.42 bits per heavy atom. The van der Waals surface area contributed by atoms with Crippen LogP contribution in [0.4, 0.5) is 4.79 Å². The van der Waals surface area contributed by atoms with Crippen LogP contribution in [0.5, 0.6) is 11.5 Å². The van der Waals surface area contributed by atoms with Gasteiger partial charge >= 0.3 is 6.03 Å². The zero-order valence-electron chi connectivity index (χ0n) is 33.8. The Morgan fingerprint density at radius 3 is 2.23 bits per heavy atom. The molecule has 0 spiro atoms. The Kier molecular flexibility index (Phi) is 12.6. The molecule has 3 unspecified atom stereocenters. The van der Waals surface area contributed by atoms with Crippen molar-refractivity contribution in [3.8, 4) is 11.5 Å². The molecule has 62 heavy (non-hydrogen) atoms. The van der Waals surface area contributed by atoms with Gasteiger partial charge < -0.3 is 25.7 Å². The number of nitrogens with zero attached hydrogens (tertiary/aromatic N) is 2. The monoisotopic (exact) mass is 827 g/mol. The summed E-state index contributed by atoms with van der Waals surface area (Å²) >= 11 is 0. The van der Waals surface area contributed by atoms with Crippen LogP contribution in [-0.4, -0.2) is 70.5 Å². The summed E-state index contributed by atoms with van der Waals surface area (Å²) in [5, 5.41) is 17.4. The molecule has 1 fully saturated rings. The van der Waals surface area contributed by atoms with Gasteiger partial charge in [-0.3, -0.25) is 24.5 Å². The number of hydrogen-bond donors (Lipinski definition) is 5. The lowest BCUT2D eigenvalue weighted by molar-refractivity contribution is -0.132. The first-order valence-corrected chi connectivity index (χ1v) is 20.5. The highest BCUT2D eigenvalue weighted by Gasteiger charge is 2.31. The van der Waals surface area contributed by atoms with Crippen molar-refractivity contribution in [2.75, 3.05) is 6.54 Å². The molecule has 5 aromatic carbocycles. The van der Waals surface area contributed by atoms with Gasteiger partial charge in [-0.2, -0.15) is 5.10 Å². The molecule has 1 aliphatic heterocycles. The summed E-state index contributed by atoms with van der Waals surface area (Å²) in [6, 6.07) is 38.1. The Bertz CT molecular complexity index is 2660. The van der Waals surface area contributed by atoms with E-state index < -0.39 is 41.9 Å². The Hall–Kier alpha value is -7.80. The zero-order chi connectivity index (χ0) is 42.8. The van der Waals surface area contributed by atoms with E-state index >= 15 is 0 Å². The largest absolute Gasteiger partial charge is 0.457 e. The average molecular weight is 828 g/mol. The highest BCUT2D eigenvalue weighted by molar-refractivity contribution is 6.02. The van der Waals surface area contributed by atoms with Crippen molar-refractivity contribution >= 4 is 52.4 Å². The number of benzene rings is 5. The molecule has 5 N–H and O–H groups in total. The number of amides is 6. The third kappa shape index (κ3) is 10.3. The van der Waals surface area contributed by atoms with E-state index in [4.69, 9.17) is 4.74 Å². The van der Waals surface area contributed by atoms with E-state index in [0.717, 1.165) is 43.7 Å². The molecule has 0 saturated carbocycles. The van der Waals surface area contributed by atoms with Crippen molar-refractivity contribution in [3.05, 3.63) is 174 Å². The van der Waals surface area contributed by atoms with Gasteiger partial charge in [0, 0.05) is 36.2 Å². The number of nitrogens with one attached hydrogen (secondary N) is 5. The van der Waals surface area contributed by atoms with Crippen LogP contribution in [0.1, 0.15) is 34.2 Å². The van der Waals surface area contributed by atoms with E-state index in [1.165, 1.54) is 6.21 Å². The van der Waals surface area contributed by atoms with E-state index in [9.17, 15) is 24.0 Å². The Morgan fingerprint density at radius 1 is 0.726 bits per heavy atom. The maximum Gasteiger partial charge on any atom is 0.344 e. The third-order valence-corrected chi connectivity index (χ3v) is 10.8. The smallest absolute Gasteiger partial charge is 0.344 e. The summed E-state index contributed by atoms with van der Waals surface area (Å²) in [7, 11) is 0. The fraction of sp³-hybridized carbons (Fsp3) is 0.184. The Balaban J connectivity index is 1.06. The highest BCUT2D eigenvalue weighted by Crippen LogP contribution is 2.31. The molecule has 3 atom stereocenters. The lowest BCUT2D eigenvalue weighted by Crippen LogP contribution is -2.56. The SMILES string of the molecule is O=C1CN(/N=C\C(Cc2ccccc2)NC(=O)C(CC2=CCc3ccccc32)NC(=O)C(Cc2c[nH]c3ccccc23)NC(=O)Cc2cccc(Oc3ccccc3)c2)C(=O)N1. The van der Waals surface area contributed by atoms with Crippen LogP contribution < -0.4 is 26.0 Å². The molecule has 0 bridgehead atoms. The second-order valence-corrected chi connectivity index (χ2v) is 15.3. The lowest BCUT2D eigenvalue weighted by atomic mass is 9.97. The molecule has 6 amide bonds. The third-order valence-electron chi connectivity index (χ3n) is 10.8. The van der Waals surface area contributed by atoms with Gasteiger partial charge in [-0.25, -0.2) is 9.80 Å². The quantitative estimate of drug-likeness (QED) is 0.0557. The van der Waals surface area contributed by atoms with Crippen molar-refractivity contribution < 1.29 is 28.7 Å². The van der Waals surface area contributed by atoms with Crippen LogP contribution in [0.15, 0.2) is 151 Å². The number of aromatic nitrogens is 1. The van der Waals surface area contributed by atoms with E-state index in [2.05, 4.69) is 37.4 Å². The first-order valence-electron chi connectivity index (χ1n) is 20.5. The summed E-state index contributed by atoms with van der Waals surface area (Å²) in [6.07, 6.45) is 6.57. The molecule has 13 heteroatoms. The van der Waals surface area contributed by atoms with E-state index in [-0.39, 0.29) is 31.7 Å². The van der Waals surface area contributed by atoms with Crippen molar-refractivity contribution in [2.24, 2.45) is 5.10 Å². The molecule has 8 rings (SSSR count). The lowest BCUT2D eigenvalue weighted by Gasteiger charge is -2.25. The van der Waals surface area contributed by atoms with Gasteiger partial charge in [0.05, 0.1) is 12.5 Å². The molecule has 312 valence electrons. The van der Waals surface area contributed by atoms with E-state index in [1.807, 2.05) is 134 Å². The van der Waals surface area contributed by atoms with Gasteiger partial charge in [0.1, 0.15) is 30.1 Å². The minimum absolute atomic E-state index is 0.0294. The normalized spacial score (nSPS) is 14.8. The number of urea groups is 1. The molecule has 2 heterocycles. The number of rotatable bonds is 17. The second kappa shape index (κ2) is 19.1. The van der Waals surface area contributed by atoms with Crippen LogP contribution in [0.3, 0.4) is 0 Å². The van der Waals surface area contributed by atoms with Crippen molar-refractivity contribution in [1.82, 2.24) is 31.3 Å². The number of hydrogen-bond acceptors (Lipinski definition) is 7. The van der Waals surface area contributed by atoms with Gasteiger partial charge in [0.15, 0.2) is 0 Å². The van der Waals surface area contributed by atoms with Crippen LogP contribution >= 0.6 is 0 Å². The summed E-state index contributed by atoms with van der Waals surface area (Å²) in [4.78, 5) is 70.6. The number of hydrazone groups is 1. The van der Waals surface area contributed by atoms with Crippen molar-refractivity contribution in [1.29, 1.82) is 0 Å². The van der Waals surface area contributed by atoms with Gasteiger partial charge in [0.25, 0.3) is 0 Å². The molecule has 6 aromatic rings. The summed E-state index contributed by atoms with van der Waals surface area (Å²) in [5.74, 6) is -0.682. The fourth-order valence-corrected chi connectivity index (χ4v) is 7.73. The minimum Gasteiger partial charge on any atom is -0.457 e. The van der Waals surface area contributed by atoms with Crippen LogP contribution in [0.2, 0.25) is 0 Å². The molecule has 0 radical (unpaired) electrons. The molecule has 1 aromatic heterocycles. The standard InChI is InChI=1S/C49H45N7O6/c57-45(26-33-14-11-18-39(25-33)62-38-16-5-2-6-17-38)53-43(28-36-29-50-42-21-10-9-20-41(36)42)48(60)54-44(27-35-23-22-34-15-7-8-19-40(34)35)47(59)52-37(24-32-12-3-1-4-13-32)30-51-56-31-46(58)55-49(56)61/h1-21,23,25,29-30,37,43-44,50H,22,24,26-28,31H2,(H,52,59)(H,53,57)(H,54,60)(H,55,58,61)/b51-30-. The van der Waals surface area contributed by atoms with Gasteiger partial charge in [0.2, 0.25) is 23.6 Å². The Labute approximate surface area is 358 Å². The van der Waals surface area contributed by atoms with Crippen LogP contribution in [0.25, 0.3) is 16.5 Å². The van der Waals surface area contributed by atoms with Gasteiger partial charge in [-0.15, -0.1) is 0 Å². The highest BCUT2D eigenvalue weighted by atomic mass is 16.5. The predicted octanol–water partition coefficient (Wildman–Crippen LogP) is 6.01. The summed E-state index contributed by atoms with van der Waals surface area (Å²) in [5.41, 5.74) is 6.28. The minimum atomic E-state index is -1.09. The number of imide groups is 1. The average Bonchev–Trinajstić information content (AvgIpc) is 3.98. The number of carbonyl (C=O) groups excluding carboxylic acids is 5. The number of allylic oxidation sites excluding steroid dienone is 1. The van der Waals surface area contributed by atoms with Crippen LogP contribution in [0, 0.1) is 0 Å². The maximum absolute atomic E-state index is 14.7. The maximum atomic E-state index is 14.7. The van der Waals surface area contributed by atoms with Gasteiger partial charge in [-0.1, -0.05) is 109 Å².